The number of hydrogen-bond donors (Lipinski definition) is 1. The van der Waals surface area contributed by atoms with Crippen LogP contribution in [0.2, 0.25) is 0 Å². The lowest BCUT2D eigenvalue weighted by Crippen LogP contribution is -2.37. The first kappa shape index (κ1) is 11.1. The first-order chi connectivity index (χ1) is 7.70. The van der Waals surface area contributed by atoms with E-state index in [1.807, 2.05) is 0 Å². The number of carbonyl (C=O) groups excluding carboxylic acids is 1. The van der Waals surface area contributed by atoms with Crippen molar-refractivity contribution in [3.8, 4) is 5.75 Å². The lowest BCUT2D eigenvalue weighted by molar-refractivity contribution is 0.112. The molecule has 1 aliphatic rings. The Morgan fingerprint density at radius 2 is 2.00 bits per heavy atom. The van der Waals surface area contributed by atoms with Crippen LogP contribution < -0.4 is 4.90 Å². The smallest absolute Gasteiger partial charge is 0.153 e. The van der Waals surface area contributed by atoms with Gasteiger partial charge in [-0.25, -0.2) is 0 Å². The maximum absolute atomic E-state index is 11.2. The van der Waals surface area contributed by atoms with Crippen molar-refractivity contribution in [2.24, 2.45) is 0 Å². The van der Waals surface area contributed by atoms with Crippen molar-refractivity contribution < 1.29 is 14.1 Å². The number of benzene rings is 1. The van der Waals surface area contributed by atoms with Crippen molar-refractivity contribution >= 4 is 22.8 Å². The minimum absolute atomic E-state index is 0.000615. The number of rotatable bonds is 2. The highest BCUT2D eigenvalue weighted by Gasteiger charge is 2.16. The van der Waals surface area contributed by atoms with E-state index in [1.165, 1.54) is 6.07 Å². The van der Waals surface area contributed by atoms with E-state index in [4.69, 9.17) is 0 Å². The molecule has 0 amide bonds. The molecule has 1 N–H and O–H groups in total. The van der Waals surface area contributed by atoms with Gasteiger partial charge in [0.2, 0.25) is 0 Å². The molecular formula is C11H13NO3S. The second-order valence-electron chi connectivity index (χ2n) is 3.70. The normalized spacial score (nSPS) is 17.4. The van der Waals surface area contributed by atoms with Gasteiger partial charge >= 0.3 is 0 Å². The fourth-order valence-electron chi connectivity index (χ4n) is 1.73. The van der Waals surface area contributed by atoms with E-state index in [9.17, 15) is 14.1 Å². The molecule has 86 valence electrons. The number of phenols is 1. The summed E-state index contributed by atoms with van der Waals surface area (Å²) in [6.45, 7) is 1.46. The highest BCUT2D eigenvalue weighted by atomic mass is 32.2. The van der Waals surface area contributed by atoms with Crippen LogP contribution in [0.25, 0.3) is 0 Å². The van der Waals surface area contributed by atoms with Gasteiger partial charge < -0.3 is 10.0 Å². The molecule has 0 bridgehead atoms. The molecular weight excluding hydrogens is 226 g/mol. The van der Waals surface area contributed by atoms with Gasteiger partial charge in [-0.15, -0.1) is 0 Å². The average Bonchev–Trinajstić information content (AvgIpc) is 2.31. The molecule has 1 aromatic carbocycles. The molecule has 0 aromatic heterocycles. The largest absolute Gasteiger partial charge is 0.507 e. The lowest BCUT2D eigenvalue weighted by Gasteiger charge is -2.28. The van der Waals surface area contributed by atoms with E-state index in [-0.39, 0.29) is 5.75 Å². The van der Waals surface area contributed by atoms with Gasteiger partial charge in [0.05, 0.1) is 5.56 Å². The zero-order chi connectivity index (χ0) is 11.5. The van der Waals surface area contributed by atoms with Gasteiger partial charge in [-0.3, -0.25) is 9.00 Å². The molecule has 1 fully saturated rings. The molecule has 1 aliphatic heterocycles. The molecule has 4 nitrogen and oxygen atoms in total. The van der Waals surface area contributed by atoms with E-state index < -0.39 is 10.8 Å². The van der Waals surface area contributed by atoms with E-state index in [0.717, 1.165) is 18.8 Å². The van der Waals surface area contributed by atoms with Gasteiger partial charge in [-0.1, -0.05) is 0 Å². The monoisotopic (exact) mass is 239 g/mol. The second-order valence-corrected chi connectivity index (χ2v) is 5.39. The van der Waals surface area contributed by atoms with Gasteiger partial charge in [0.25, 0.3) is 0 Å². The maximum atomic E-state index is 11.2. The number of aromatic hydroxyl groups is 1. The summed E-state index contributed by atoms with van der Waals surface area (Å²) in [5, 5.41) is 9.38. The minimum Gasteiger partial charge on any atom is -0.507 e. The number of anilines is 1. The van der Waals surface area contributed by atoms with E-state index in [0.29, 0.717) is 23.4 Å². The molecule has 0 unspecified atom stereocenters. The Bertz CT molecular complexity index is 423. The molecule has 1 heterocycles. The van der Waals surface area contributed by atoms with Crippen LogP contribution in [0.15, 0.2) is 18.2 Å². The number of phenolic OH excluding ortho intramolecular Hbond substituents is 1. The molecule has 16 heavy (non-hydrogen) atoms. The third-order valence-electron chi connectivity index (χ3n) is 2.68. The highest BCUT2D eigenvalue weighted by Crippen LogP contribution is 2.23. The maximum Gasteiger partial charge on any atom is 0.153 e. The molecule has 0 radical (unpaired) electrons. The summed E-state index contributed by atoms with van der Waals surface area (Å²) in [7, 11) is -0.707. The Labute approximate surface area is 96.3 Å². The number of hydrogen-bond acceptors (Lipinski definition) is 4. The Balaban J connectivity index is 2.20. The van der Waals surface area contributed by atoms with Crippen LogP contribution in [-0.2, 0) is 10.8 Å². The van der Waals surface area contributed by atoms with E-state index in [1.54, 1.807) is 12.1 Å². The molecule has 0 aliphatic carbocycles. The van der Waals surface area contributed by atoms with Gasteiger partial charge in [0.15, 0.2) is 6.29 Å². The summed E-state index contributed by atoms with van der Waals surface area (Å²) in [5.74, 6) is 1.33. The van der Waals surface area contributed by atoms with Crippen LogP contribution in [0.1, 0.15) is 10.4 Å². The van der Waals surface area contributed by atoms with Crippen LogP contribution in [0.4, 0.5) is 5.69 Å². The number of carbonyl (C=O) groups is 1. The molecule has 0 atom stereocenters. The summed E-state index contributed by atoms with van der Waals surface area (Å²) in [6, 6.07) is 4.96. The minimum atomic E-state index is -0.707. The summed E-state index contributed by atoms with van der Waals surface area (Å²) >= 11 is 0. The predicted molar refractivity (Wildman–Crippen MR) is 63.6 cm³/mol. The van der Waals surface area contributed by atoms with E-state index in [2.05, 4.69) is 4.90 Å². The Morgan fingerprint density at radius 3 is 2.62 bits per heavy atom. The van der Waals surface area contributed by atoms with Crippen molar-refractivity contribution in [2.75, 3.05) is 29.5 Å². The first-order valence-electron chi connectivity index (χ1n) is 5.09. The summed E-state index contributed by atoms with van der Waals surface area (Å²) in [4.78, 5) is 12.8. The Hall–Kier alpha value is -1.36. The van der Waals surface area contributed by atoms with Gasteiger partial charge in [0, 0.05) is 41.1 Å². The molecule has 2 rings (SSSR count). The molecule has 0 spiro atoms. The zero-order valence-corrected chi connectivity index (χ0v) is 9.57. The van der Waals surface area contributed by atoms with Crippen LogP contribution in [0.3, 0.4) is 0 Å². The van der Waals surface area contributed by atoms with Crippen molar-refractivity contribution in [3.05, 3.63) is 23.8 Å². The first-order valence-corrected chi connectivity index (χ1v) is 6.57. The Kier molecular flexibility index (Phi) is 3.24. The van der Waals surface area contributed by atoms with Crippen molar-refractivity contribution in [1.29, 1.82) is 0 Å². The van der Waals surface area contributed by atoms with E-state index >= 15 is 0 Å². The van der Waals surface area contributed by atoms with Crippen molar-refractivity contribution in [3.63, 3.8) is 0 Å². The quantitative estimate of drug-likeness (QED) is 0.775. The average molecular weight is 239 g/mol. The topological polar surface area (TPSA) is 57.6 Å². The predicted octanol–water partition coefficient (Wildman–Crippen LogP) is 0.773. The van der Waals surface area contributed by atoms with Gasteiger partial charge in [-0.2, -0.15) is 0 Å². The third kappa shape index (κ3) is 2.24. The van der Waals surface area contributed by atoms with Crippen LogP contribution in [0.5, 0.6) is 5.75 Å². The number of nitrogens with zero attached hydrogens (tertiary/aromatic N) is 1. The SMILES string of the molecule is O=Cc1cc(N2CCS(=O)CC2)ccc1O. The van der Waals surface area contributed by atoms with Crippen molar-refractivity contribution in [2.45, 2.75) is 0 Å². The fourth-order valence-corrected chi connectivity index (χ4v) is 2.78. The van der Waals surface area contributed by atoms with Crippen LogP contribution in [0, 0.1) is 0 Å². The summed E-state index contributed by atoms with van der Waals surface area (Å²) in [5.41, 5.74) is 1.20. The number of aldehydes is 1. The fraction of sp³-hybridized carbons (Fsp3) is 0.364. The summed E-state index contributed by atoms with van der Waals surface area (Å²) < 4.78 is 11.2. The summed E-state index contributed by atoms with van der Waals surface area (Å²) in [6.07, 6.45) is 0.640. The standard InChI is InChI=1S/C11H13NO3S/c13-8-9-7-10(1-2-11(9)14)12-3-5-16(15)6-4-12/h1-2,7-8,14H,3-6H2. The van der Waals surface area contributed by atoms with Gasteiger partial charge in [0.1, 0.15) is 5.75 Å². The third-order valence-corrected chi connectivity index (χ3v) is 3.96. The highest BCUT2D eigenvalue weighted by molar-refractivity contribution is 7.85. The molecule has 5 heteroatoms. The Morgan fingerprint density at radius 1 is 1.31 bits per heavy atom. The van der Waals surface area contributed by atoms with Crippen LogP contribution in [-0.4, -0.2) is 40.2 Å². The molecule has 0 saturated carbocycles. The van der Waals surface area contributed by atoms with Crippen LogP contribution >= 0.6 is 0 Å². The zero-order valence-electron chi connectivity index (χ0n) is 8.76. The second kappa shape index (κ2) is 4.65. The lowest BCUT2D eigenvalue weighted by atomic mass is 10.2. The molecule has 1 aromatic rings. The van der Waals surface area contributed by atoms with Gasteiger partial charge in [-0.05, 0) is 18.2 Å². The van der Waals surface area contributed by atoms with Crippen molar-refractivity contribution in [1.82, 2.24) is 0 Å². The molecule has 1 saturated heterocycles.